The van der Waals surface area contributed by atoms with Gasteiger partial charge in [-0.1, -0.05) is 68.4 Å². The van der Waals surface area contributed by atoms with Crippen molar-refractivity contribution in [3.8, 4) is 0 Å². The van der Waals surface area contributed by atoms with Gasteiger partial charge in [-0.25, -0.2) is 0 Å². The van der Waals surface area contributed by atoms with Crippen molar-refractivity contribution < 1.29 is 0 Å². The Morgan fingerprint density at radius 3 is 2.40 bits per heavy atom. The minimum absolute atomic E-state index is 0.711. The molecule has 1 fully saturated rings. The number of hydrogen-bond donors (Lipinski definition) is 0. The molecule has 1 saturated heterocycles. The minimum Gasteiger partial charge on any atom is -0.299 e. The maximum atomic E-state index is 2.65. The summed E-state index contributed by atoms with van der Waals surface area (Å²) in [6.07, 6.45) is 3.80. The van der Waals surface area contributed by atoms with Gasteiger partial charge in [-0.05, 0) is 49.0 Å². The summed E-state index contributed by atoms with van der Waals surface area (Å²) in [6.45, 7) is 10.2. The molecule has 1 atom stereocenters. The van der Waals surface area contributed by atoms with E-state index < -0.39 is 0 Å². The molecule has 0 spiro atoms. The number of benzene rings is 2. The zero-order valence-corrected chi connectivity index (χ0v) is 15.8. The molecule has 0 amide bonds. The molecule has 0 N–H and O–H groups in total. The third kappa shape index (κ3) is 5.17. The standard InChI is InChI=1S/C23H32N2/c1-3-20-12-8-13-22(16-20)18-24(17-21-10-6-5-7-11-21)19-23-14-9-15-25(23)4-2/h5-8,10-13,16,23H,3-4,9,14-15,17-19H2,1-2H3/t23-/m1/s1. The number of rotatable bonds is 8. The van der Waals surface area contributed by atoms with Crippen LogP contribution in [0.15, 0.2) is 54.6 Å². The third-order valence-electron chi connectivity index (χ3n) is 5.43. The highest BCUT2D eigenvalue weighted by Crippen LogP contribution is 2.20. The molecule has 2 nitrogen and oxygen atoms in total. The molecule has 2 aromatic rings. The lowest BCUT2D eigenvalue weighted by atomic mass is 10.1. The summed E-state index contributed by atoms with van der Waals surface area (Å²) in [7, 11) is 0. The summed E-state index contributed by atoms with van der Waals surface area (Å²) in [4.78, 5) is 5.29. The fourth-order valence-corrected chi connectivity index (χ4v) is 4.05. The van der Waals surface area contributed by atoms with Crippen LogP contribution in [0.3, 0.4) is 0 Å². The zero-order valence-electron chi connectivity index (χ0n) is 15.8. The molecule has 0 bridgehead atoms. The van der Waals surface area contributed by atoms with E-state index in [0.717, 1.165) is 19.5 Å². The van der Waals surface area contributed by atoms with Crippen LogP contribution in [-0.2, 0) is 19.5 Å². The van der Waals surface area contributed by atoms with Crippen molar-refractivity contribution in [3.05, 3.63) is 71.3 Å². The molecule has 1 heterocycles. The lowest BCUT2D eigenvalue weighted by Gasteiger charge is -2.30. The van der Waals surface area contributed by atoms with E-state index in [1.54, 1.807) is 0 Å². The fraction of sp³-hybridized carbons (Fsp3) is 0.478. The minimum atomic E-state index is 0.711. The smallest absolute Gasteiger partial charge is 0.0238 e. The molecule has 0 aliphatic carbocycles. The first kappa shape index (κ1) is 18.2. The number of nitrogens with zero attached hydrogens (tertiary/aromatic N) is 2. The molecule has 3 rings (SSSR count). The predicted octanol–water partition coefficient (Wildman–Crippen LogP) is 4.74. The van der Waals surface area contributed by atoms with Crippen molar-refractivity contribution >= 4 is 0 Å². The molecule has 1 aliphatic heterocycles. The largest absolute Gasteiger partial charge is 0.299 e. The second kappa shape index (κ2) is 9.17. The molecule has 0 saturated carbocycles. The molecule has 1 aliphatic rings. The SMILES string of the molecule is CCc1cccc(CN(Cc2ccccc2)C[C@H]2CCCN2CC)c1. The maximum absolute atomic E-state index is 2.65. The first-order valence-corrected chi connectivity index (χ1v) is 9.86. The van der Waals surface area contributed by atoms with E-state index in [4.69, 9.17) is 0 Å². The van der Waals surface area contributed by atoms with E-state index in [0.29, 0.717) is 6.04 Å². The highest BCUT2D eigenvalue weighted by atomic mass is 15.2. The average molecular weight is 337 g/mol. The van der Waals surface area contributed by atoms with Crippen molar-refractivity contribution in [1.82, 2.24) is 9.80 Å². The number of likely N-dealkylation sites (tertiary alicyclic amines) is 1. The Kier molecular flexibility index (Phi) is 6.66. The normalized spacial score (nSPS) is 18.1. The molecule has 25 heavy (non-hydrogen) atoms. The van der Waals surface area contributed by atoms with Crippen LogP contribution in [0.5, 0.6) is 0 Å². The van der Waals surface area contributed by atoms with Crippen molar-refractivity contribution in [2.24, 2.45) is 0 Å². The van der Waals surface area contributed by atoms with E-state index >= 15 is 0 Å². The van der Waals surface area contributed by atoms with Crippen LogP contribution in [0.4, 0.5) is 0 Å². The summed E-state index contributed by atoms with van der Waals surface area (Å²) >= 11 is 0. The molecule has 2 heteroatoms. The highest BCUT2D eigenvalue weighted by molar-refractivity contribution is 5.23. The van der Waals surface area contributed by atoms with Crippen LogP contribution in [-0.4, -0.2) is 35.5 Å². The molecular weight excluding hydrogens is 304 g/mol. The molecular formula is C23H32N2. The van der Waals surface area contributed by atoms with Gasteiger partial charge in [0.1, 0.15) is 0 Å². The van der Waals surface area contributed by atoms with Crippen LogP contribution < -0.4 is 0 Å². The van der Waals surface area contributed by atoms with Crippen LogP contribution in [0.25, 0.3) is 0 Å². The Balaban J connectivity index is 1.73. The lowest BCUT2D eigenvalue weighted by molar-refractivity contribution is 0.166. The Hall–Kier alpha value is -1.64. The van der Waals surface area contributed by atoms with Crippen molar-refractivity contribution in [2.75, 3.05) is 19.6 Å². The quantitative estimate of drug-likeness (QED) is 0.687. The Labute approximate surface area is 153 Å². The summed E-state index contributed by atoms with van der Waals surface area (Å²) < 4.78 is 0. The highest BCUT2D eigenvalue weighted by Gasteiger charge is 2.25. The first-order chi connectivity index (χ1) is 12.3. The predicted molar refractivity (Wildman–Crippen MR) is 107 cm³/mol. The van der Waals surface area contributed by atoms with Gasteiger partial charge in [-0.2, -0.15) is 0 Å². The number of hydrogen-bond acceptors (Lipinski definition) is 2. The molecule has 0 radical (unpaired) electrons. The van der Waals surface area contributed by atoms with Gasteiger partial charge in [0, 0.05) is 25.7 Å². The molecule has 0 aromatic heterocycles. The van der Waals surface area contributed by atoms with E-state index in [-0.39, 0.29) is 0 Å². The summed E-state index contributed by atoms with van der Waals surface area (Å²) in [5.74, 6) is 0. The van der Waals surface area contributed by atoms with E-state index in [1.807, 2.05) is 0 Å². The summed E-state index contributed by atoms with van der Waals surface area (Å²) in [5, 5.41) is 0. The molecule has 0 unspecified atom stereocenters. The van der Waals surface area contributed by atoms with Gasteiger partial charge in [0.25, 0.3) is 0 Å². The zero-order chi connectivity index (χ0) is 17.5. The van der Waals surface area contributed by atoms with Gasteiger partial charge < -0.3 is 0 Å². The second-order valence-corrected chi connectivity index (χ2v) is 7.25. The van der Waals surface area contributed by atoms with E-state index in [2.05, 4.69) is 78.2 Å². The number of aryl methyl sites for hydroxylation is 1. The van der Waals surface area contributed by atoms with Crippen LogP contribution in [0.1, 0.15) is 43.4 Å². The Bertz CT molecular complexity index is 638. The van der Waals surface area contributed by atoms with E-state index in [9.17, 15) is 0 Å². The van der Waals surface area contributed by atoms with Crippen LogP contribution in [0.2, 0.25) is 0 Å². The number of likely N-dealkylation sites (N-methyl/N-ethyl adjacent to an activating group) is 1. The van der Waals surface area contributed by atoms with E-state index in [1.165, 1.54) is 49.2 Å². The van der Waals surface area contributed by atoms with Crippen LogP contribution >= 0.6 is 0 Å². The Morgan fingerprint density at radius 2 is 1.64 bits per heavy atom. The van der Waals surface area contributed by atoms with Crippen molar-refractivity contribution in [3.63, 3.8) is 0 Å². The monoisotopic (exact) mass is 336 g/mol. The van der Waals surface area contributed by atoms with Crippen LogP contribution in [0, 0.1) is 0 Å². The van der Waals surface area contributed by atoms with Gasteiger partial charge in [0.15, 0.2) is 0 Å². The third-order valence-corrected chi connectivity index (χ3v) is 5.43. The van der Waals surface area contributed by atoms with Gasteiger partial charge in [-0.3, -0.25) is 9.80 Å². The average Bonchev–Trinajstić information content (AvgIpc) is 3.10. The van der Waals surface area contributed by atoms with Crippen molar-refractivity contribution in [1.29, 1.82) is 0 Å². The molecule has 2 aromatic carbocycles. The maximum Gasteiger partial charge on any atom is 0.0238 e. The summed E-state index contributed by atoms with van der Waals surface area (Å²) in [5.41, 5.74) is 4.29. The first-order valence-electron chi connectivity index (χ1n) is 9.86. The summed E-state index contributed by atoms with van der Waals surface area (Å²) in [6, 6.07) is 20.7. The van der Waals surface area contributed by atoms with Gasteiger partial charge >= 0.3 is 0 Å². The van der Waals surface area contributed by atoms with Gasteiger partial charge in [0.05, 0.1) is 0 Å². The topological polar surface area (TPSA) is 6.48 Å². The molecule has 134 valence electrons. The van der Waals surface area contributed by atoms with Crippen molar-refractivity contribution in [2.45, 2.75) is 52.2 Å². The Morgan fingerprint density at radius 1 is 0.920 bits per heavy atom. The lowest BCUT2D eigenvalue weighted by Crippen LogP contribution is -2.39. The second-order valence-electron chi connectivity index (χ2n) is 7.25. The van der Waals surface area contributed by atoms with Gasteiger partial charge in [0.2, 0.25) is 0 Å². The fourth-order valence-electron chi connectivity index (χ4n) is 4.05. The van der Waals surface area contributed by atoms with Gasteiger partial charge in [-0.15, -0.1) is 0 Å².